The summed E-state index contributed by atoms with van der Waals surface area (Å²) in [6.45, 7) is 3.74. The van der Waals surface area contributed by atoms with Gasteiger partial charge < -0.3 is 10.3 Å². The summed E-state index contributed by atoms with van der Waals surface area (Å²) in [6.07, 6.45) is 0. The zero-order valence-corrected chi connectivity index (χ0v) is 16.0. The van der Waals surface area contributed by atoms with Gasteiger partial charge in [0.15, 0.2) is 0 Å². The second-order valence-corrected chi connectivity index (χ2v) is 6.95. The number of nitrogens with two attached hydrogens (primary N) is 1. The smallest absolute Gasteiger partial charge is 0.359 e. The lowest BCUT2D eigenvalue weighted by molar-refractivity contribution is -0.384. The molecule has 2 N–H and O–H groups in total. The number of nitro groups is 1. The fraction of sp³-hybridized carbons (Fsp3) is 0.158. The number of nitrogens with zero attached hydrogens (tertiary/aromatic N) is 5. The molecular weight excluding hydrogens is 392 g/mol. The van der Waals surface area contributed by atoms with E-state index in [1.807, 2.05) is 13.8 Å². The average Bonchev–Trinajstić information content (AvgIpc) is 3.01. The van der Waals surface area contributed by atoms with E-state index in [0.29, 0.717) is 11.0 Å². The van der Waals surface area contributed by atoms with Crippen molar-refractivity contribution >= 4 is 28.4 Å². The molecule has 30 heavy (non-hydrogen) atoms. The van der Waals surface area contributed by atoms with Gasteiger partial charge in [0, 0.05) is 23.7 Å². The molecule has 0 saturated carbocycles. The molecule has 0 aliphatic heterocycles. The van der Waals surface area contributed by atoms with Crippen molar-refractivity contribution in [1.82, 2.24) is 18.5 Å². The van der Waals surface area contributed by atoms with Crippen LogP contribution in [0.3, 0.4) is 0 Å². The zero-order chi connectivity index (χ0) is 21.7. The molecule has 1 amide bonds. The summed E-state index contributed by atoms with van der Waals surface area (Å²) in [4.78, 5) is 52.1. The Bertz CT molecular complexity index is 1460. The number of fused-ring (bicyclic) bond motifs is 3. The largest absolute Gasteiger partial charge is 0.366 e. The lowest BCUT2D eigenvalue weighted by Gasteiger charge is -2.10. The Balaban J connectivity index is 2.12. The molecule has 0 bridgehead atoms. The Morgan fingerprint density at radius 3 is 2.33 bits per heavy atom. The molecule has 0 aliphatic rings. The van der Waals surface area contributed by atoms with Gasteiger partial charge in [-0.15, -0.1) is 0 Å². The summed E-state index contributed by atoms with van der Waals surface area (Å²) in [6, 6.07) is 9.49. The molecule has 2 heterocycles. The number of rotatable bonds is 4. The van der Waals surface area contributed by atoms with Crippen LogP contribution in [-0.4, -0.2) is 29.3 Å². The molecule has 152 valence electrons. The summed E-state index contributed by atoms with van der Waals surface area (Å²) in [5, 5.41) is 10.9. The fourth-order valence-electron chi connectivity index (χ4n) is 3.45. The Morgan fingerprint density at radius 1 is 1.10 bits per heavy atom. The number of nitro benzene ring substituents is 1. The third-order valence-corrected chi connectivity index (χ3v) is 4.78. The van der Waals surface area contributed by atoms with Crippen molar-refractivity contribution in [2.24, 2.45) is 5.73 Å². The molecule has 11 heteroatoms. The average molecular weight is 408 g/mol. The number of hydrogen-bond donors (Lipinski definition) is 1. The van der Waals surface area contributed by atoms with E-state index in [0.717, 1.165) is 4.57 Å². The number of carbonyl (C=O) groups excluding carboxylic acids is 1. The van der Waals surface area contributed by atoms with Crippen LogP contribution in [0.4, 0.5) is 5.69 Å². The highest BCUT2D eigenvalue weighted by atomic mass is 16.6. The maximum absolute atomic E-state index is 13.3. The monoisotopic (exact) mass is 408 g/mol. The lowest BCUT2D eigenvalue weighted by atomic mass is 10.2. The molecule has 0 atom stereocenters. The molecule has 4 aromatic rings. The van der Waals surface area contributed by atoms with Gasteiger partial charge in [-0.25, -0.2) is 18.6 Å². The molecule has 2 aromatic heterocycles. The Kier molecular flexibility index (Phi) is 4.23. The predicted molar refractivity (Wildman–Crippen MR) is 108 cm³/mol. The number of aromatic nitrogens is 4. The van der Waals surface area contributed by atoms with Gasteiger partial charge in [0.25, 0.3) is 5.69 Å². The van der Waals surface area contributed by atoms with E-state index in [1.165, 1.54) is 40.8 Å². The van der Waals surface area contributed by atoms with Crippen molar-refractivity contribution in [3.8, 4) is 5.69 Å². The first-order valence-corrected chi connectivity index (χ1v) is 8.95. The second kappa shape index (κ2) is 6.65. The van der Waals surface area contributed by atoms with Gasteiger partial charge in [-0.05, 0) is 44.2 Å². The van der Waals surface area contributed by atoms with E-state index >= 15 is 0 Å². The van der Waals surface area contributed by atoms with E-state index in [9.17, 15) is 24.5 Å². The van der Waals surface area contributed by atoms with E-state index in [1.54, 1.807) is 10.6 Å². The van der Waals surface area contributed by atoms with Crippen molar-refractivity contribution in [3.63, 3.8) is 0 Å². The first-order valence-electron chi connectivity index (χ1n) is 8.95. The number of benzene rings is 2. The Morgan fingerprint density at radius 2 is 1.77 bits per heavy atom. The Labute approximate surface area is 167 Å². The van der Waals surface area contributed by atoms with Crippen LogP contribution in [0.5, 0.6) is 0 Å². The van der Waals surface area contributed by atoms with E-state index in [-0.39, 0.29) is 28.8 Å². The third kappa shape index (κ3) is 2.75. The first-order chi connectivity index (χ1) is 14.2. The first kappa shape index (κ1) is 19.1. The van der Waals surface area contributed by atoms with E-state index < -0.39 is 22.2 Å². The molecular formula is C19H16N6O5. The summed E-state index contributed by atoms with van der Waals surface area (Å²) < 4.78 is 3.76. The topological polar surface area (TPSA) is 148 Å². The standard InChI is InChI=1S/C19H16N6O5/c1-10(2)22-14-8-3-11(16(20)26)9-15(14)24-17(22)21-18(27)23(19(24)28)12-4-6-13(7-5-12)25(29)30/h3-10H,1-2H3,(H2,20,26). The number of imidazole rings is 1. The second-order valence-electron chi connectivity index (χ2n) is 6.95. The summed E-state index contributed by atoms with van der Waals surface area (Å²) >= 11 is 0. The quantitative estimate of drug-likeness (QED) is 0.398. The predicted octanol–water partition coefficient (Wildman–Crippen LogP) is 1.39. The van der Waals surface area contributed by atoms with Gasteiger partial charge in [0.05, 0.1) is 21.6 Å². The summed E-state index contributed by atoms with van der Waals surface area (Å²) in [5.41, 5.74) is 4.95. The number of carbonyl (C=O) groups is 1. The minimum atomic E-state index is -0.825. The maximum Gasteiger partial charge on any atom is 0.359 e. The molecule has 0 fully saturated rings. The summed E-state index contributed by atoms with van der Waals surface area (Å²) in [5.74, 6) is -0.540. The molecule has 0 spiro atoms. The van der Waals surface area contributed by atoms with Gasteiger partial charge in [0.1, 0.15) is 0 Å². The van der Waals surface area contributed by atoms with Crippen LogP contribution in [0.25, 0.3) is 22.5 Å². The van der Waals surface area contributed by atoms with Crippen LogP contribution >= 0.6 is 0 Å². The van der Waals surface area contributed by atoms with Gasteiger partial charge in [-0.3, -0.25) is 14.9 Å². The highest BCUT2D eigenvalue weighted by molar-refractivity contribution is 5.97. The highest BCUT2D eigenvalue weighted by Gasteiger charge is 2.20. The van der Waals surface area contributed by atoms with Gasteiger partial charge in [0.2, 0.25) is 11.7 Å². The Hall–Kier alpha value is -4.28. The van der Waals surface area contributed by atoms with Crippen LogP contribution in [0.2, 0.25) is 0 Å². The SMILES string of the molecule is CC(C)n1c2ccc(C(N)=O)cc2n2c(=O)n(-c3ccc([N+](=O)[O-])cc3)c(=O)nc12. The normalized spacial score (nSPS) is 11.4. The van der Waals surface area contributed by atoms with Crippen LogP contribution in [0.15, 0.2) is 52.1 Å². The van der Waals surface area contributed by atoms with E-state index in [4.69, 9.17) is 5.73 Å². The zero-order valence-electron chi connectivity index (χ0n) is 16.0. The molecule has 0 aliphatic carbocycles. The molecule has 11 nitrogen and oxygen atoms in total. The molecule has 0 unspecified atom stereocenters. The number of hydrogen-bond acceptors (Lipinski definition) is 6. The van der Waals surface area contributed by atoms with Crippen molar-refractivity contribution in [2.75, 3.05) is 0 Å². The molecule has 0 saturated heterocycles. The van der Waals surface area contributed by atoms with Crippen LogP contribution in [-0.2, 0) is 0 Å². The fourth-order valence-corrected chi connectivity index (χ4v) is 3.45. The van der Waals surface area contributed by atoms with Crippen molar-refractivity contribution < 1.29 is 9.72 Å². The highest BCUT2D eigenvalue weighted by Crippen LogP contribution is 2.23. The van der Waals surface area contributed by atoms with Crippen LogP contribution in [0, 0.1) is 10.1 Å². The van der Waals surface area contributed by atoms with E-state index in [2.05, 4.69) is 4.98 Å². The number of non-ortho nitro benzene ring substituents is 1. The third-order valence-electron chi connectivity index (χ3n) is 4.78. The minimum absolute atomic E-state index is 0.120. The number of amides is 1. The maximum atomic E-state index is 13.3. The van der Waals surface area contributed by atoms with Gasteiger partial charge >= 0.3 is 11.4 Å². The van der Waals surface area contributed by atoms with Crippen molar-refractivity contribution in [2.45, 2.75) is 19.9 Å². The van der Waals surface area contributed by atoms with Gasteiger partial charge in [-0.2, -0.15) is 4.98 Å². The van der Waals surface area contributed by atoms with Gasteiger partial charge in [-0.1, -0.05) is 0 Å². The molecule has 4 rings (SSSR count). The minimum Gasteiger partial charge on any atom is -0.366 e. The van der Waals surface area contributed by atoms with Crippen LogP contribution in [0.1, 0.15) is 30.2 Å². The molecule has 0 radical (unpaired) electrons. The van der Waals surface area contributed by atoms with Crippen molar-refractivity contribution in [1.29, 1.82) is 0 Å². The van der Waals surface area contributed by atoms with Crippen LogP contribution < -0.4 is 17.1 Å². The summed E-state index contributed by atoms with van der Waals surface area (Å²) in [7, 11) is 0. The lowest BCUT2D eigenvalue weighted by Crippen LogP contribution is -2.38. The number of primary amides is 1. The molecule has 2 aromatic carbocycles. The van der Waals surface area contributed by atoms with Crippen molar-refractivity contribution in [3.05, 3.63) is 79.1 Å².